The number of halogens is 1. The van der Waals surface area contributed by atoms with Gasteiger partial charge in [-0.1, -0.05) is 13.0 Å². The fourth-order valence-corrected chi connectivity index (χ4v) is 2.30. The first-order chi connectivity index (χ1) is 10.9. The van der Waals surface area contributed by atoms with E-state index in [9.17, 15) is 9.59 Å². The molecule has 1 aliphatic heterocycles. The molecule has 0 unspecified atom stereocenters. The second-order valence-corrected chi connectivity index (χ2v) is 5.85. The zero-order chi connectivity index (χ0) is 17.0. The Hall–Kier alpha value is -2.01. The number of cyclic esters (lactones) is 2. The van der Waals surface area contributed by atoms with Gasteiger partial charge in [-0.05, 0) is 30.2 Å². The van der Waals surface area contributed by atoms with Crippen molar-refractivity contribution in [3.8, 4) is 5.75 Å². The lowest BCUT2D eigenvalue weighted by Gasteiger charge is -2.29. The summed E-state index contributed by atoms with van der Waals surface area (Å²) in [4.78, 5) is 23.9. The molecular formula is C17H19ClO5. The van der Waals surface area contributed by atoms with Gasteiger partial charge in [0.15, 0.2) is 0 Å². The highest BCUT2D eigenvalue weighted by atomic mass is 35.5. The van der Waals surface area contributed by atoms with Gasteiger partial charge in [0.2, 0.25) is 0 Å². The fourth-order valence-electron chi connectivity index (χ4n) is 2.09. The van der Waals surface area contributed by atoms with E-state index in [0.717, 1.165) is 12.0 Å². The van der Waals surface area contributed by atoms with Gasteiger partial charge in [0.25, 0.3) is 5.79 Å². The largest absolute Gasteiger partial charge is 0.493 e. The molecule has 0 spiro atoms. The maximum atomic E-state index is 11.9. The van der Waals surface area contributed by atoms with Gasteiger partial charge in [0, 0.05) is 19.4 Å². The van der Waals surface area contributed by atoms with Crippen LogP contribution in [0.4, 0.5) is 0 Å². The minimum Gasteiger partial charge on any atom is -0.493 e. The van der Waals surface area contributed by atoms with Gasteiger partial charge in [-0.15, -0.1) is 11.6 Å². The summed E-state index contributed by atoms with van der Waals surface area (Å²) in [5, 5.41) is 0. The van der Waals surface area contributed by atoms with Crippen LogP contribution in [0.3, 0.4) is 0 Å². The van der Waals surface area contributed by atoms with E-state index in [1.165, 1.54) is 19.9 Å². The molecular weight excluding hydrogens is 320 g/mol. The van der Waals surface area contributed by atoms with Crippen LogP contribution in [0.15, 0.2) is 23.8 Å². The Balaban J connectivity index is 2.28. The van der Waals surface area contributed by atoms with Gasteiger partial charge in [0.05, 0.1) is 12.5 Å². The highest BCUT2D eigenvalue weighted by Gasteiger charge is 2.38. The Kier molecular flexibility index (Phi) is 5.31. The van der Waals surface area contributed by atoms with Gasteiger partial charge < -0.3 is 14.2 Å². The van der Waals surface area contributed by atoms with E-state index in [1.807, 2.05) is 6.92 Å². The summed E-state index contributed by atoms with van der Waals surface area (Å²) in [7, 11) is 0. The number of hydrogen-bond acceptors (Lipinski definition) is 5. The van der Waals surface area contributed by atoms with E-state index in [1.54, 1.807) is 18.2 Å². The van der Waals surface area contributed by atoms with Crippen molar-refractivity contribution < 1.29 is 23.8 Å². The zero-order valence-electron chi connectivity index (χ0n) is 13.3. The van der Waals surface area contributed by atoms with Crippen LogP contribution >= 0.6 is 11.6 Å². The molecule has 1 heterocycles. The highest BCUT2D eigenvalue weighted by Crippen LogP contribution is 2.27. The molecule has 1 aromatic rings. The molecule has 0 aliphatic carbocycles. The van der Waals surface area contributed by atoms with Gasteiger partial charge in [-0.3, -0.25) is 0 Å². The summed E-state index contributed by atoms with van der Waals surface area (Å²) < 4.78 is 15.7. The van der Waals surface area contributed by atoms with Gasteiger partial charge in [-0.25, -0.2) is 9.59 Å². The van der Waals surface area contributed by atoms with Gasteiger partial charge >= 0.3 is 11.9 Å². The van der Waals surface area contributed by atoms with Gasteiger partial charge in [-0.2, -0.15) is 0 Å². The van der Waals surface area contributed by atoms with E-state index in [0.29, 0.717) is 17.9 Å². The minimum atomic E-state index is -1.25. The summed E-state index contributed by atoms with van der Waals surface area (Å²) >= 11 is 5.94. The monoisotopic (exact) mass is 338 g/mol. The number of benzene rings is 1. The van der Waals surface area contributed by atoms with Crippen molar-refractivity contribution >= 4 is 29.6 Å². The van der Waals surface area contributed by atoms with Crippen LogP contribution in [0.2, 0.25) is 0 Å². The SMILES string of the molecule is CCCOc1ccc(C=C2C(=O)OC(C)(C)OC2=O)cc1CCl. The first-order valence-electron chi connectivity index (χ1n) is 7.36. The molecule has 0 bridgehead atoms. The zero-order valence-corrected chi connectivity index (χ0v) is 14.1. The summed E-state index contributed by atoms with van der Waals surface area (Å²) in [6.07, 6.45) is 2.32. The third-order valence-electron chi connectivity index (χ3n) is 3.12. The Morgan fingerprint density at radius 2 is 1.87 bits per heavy atom. The lowest BCUT2D eigenvalue weighted by Crippen LogP contribution is -2.41. The second-order valence-electron chi connectivity index (χ2n) is 5.59. The summed E-state index contributed by atoms with van der Waals surface area (Å²) in [5.74, 6) is -1.70. The van der Waals surface area contributed by atoms with Crippen molar-refractivity contribution in [3.63, 3.8) is 0 Å². The average Bonchev–Trinajstić information content (AvgIpc) is 2.48. The Morgan fingerprint density at radius 3 is 2.43 bits per heavy atom. The van der Waals surface area contributed by atoms with Crippen LogP contribution in [-0.4, -0.2) is 24.3 Å². The number of esters is 2. The number of carbonyl (C=O) groups excluding carboxylic acids is 2. The molecule has 6 heteroatoms. The van der Waals surface area contributed by atoms with E-state index in [2.05, 4.69) is 0 Å². The Morgan fingerprint density at radius 1 is 1.22 bits per heavy atom. The third kappa shape index (κ3) is 4.26. The molecule has 0 aromatic heterocycles. The molecule has 23 heavy (non-hydrogen) atoms. The third-order valence-corrected chi connectivity index (χ3v) is 3.41. The lowest BCUT2D eigenvalue weighted by molar-refractivity contribution is -0.222. The van der Waals surface area contributed by atoms with Crippen LogP contribution in [0, 0.1) is 0 Å². The van der Waals surface area contributed by atoms with E-state index in [4.69, 9.17) is 25.8 Å². The maximum Gasteiger partial charge on any atom is 0.348 e. The fraction of sp³-hybridized carbons (Fsp3) is 0.412. The highest BCUT2D eigenvalue weighted by molar-refractivity contribution is 6.19. The Bertz CT molecular complexity index is 626. The summed E-state index contributed by atoms with van der Waals surface area (Å²) in [6, 6.07) is 5.28. The Labute approximate surface area is 140 Å². The molecule has 1 fully saturated rings. The van der Waals surface area contributed by atoms with Crippen LogP contribution in [0.1, 0.15) is 38.3 Å². The molecule has 2 rings (SSSR count). The van der Waals surface area contributed by atoms with Crippen molar-refractivity contribution in [2.45, 2.75) is 38.9 Å². The number of carbonyl (C=O) groups is 2. The van der Waals surface area contributed by atoms with Crippen LogP contribution in [0.25, 0.3) is 6.08 Å². The van der Waals surface area contributed by atoms with Crippen molar-refractivity contribution in [1.29, 1.82) is 0 Å². The molecule has 1 saturated heterocycles. The number of hydrogen-bond donors (Lipinski definition) is 0. The molecule has 124 valence electrons. The molecule has 0 atom stereocenters. The standard InChI is InChI=1S/C17H19ClO5/c1-4-7-21-14-6-5-11(8-12(14)10-18)9-13-15(19)22-17(2,3)23-16(13)20/h5-6,8-9H,4,7,10H2,1-3H3. The van der Waals surface area contributed by atoms with E-state index < -0.39 is 17.7 Å². The summed E-state index contributed by atoms with van der Waals surface area (Å²) in [5.41, 5.74) is 1.28. The number of ether oxygens (including phenoxy) is 3. The van der Waals surface area contributed by atoms with Crippen molar-refractivity contribution in [2.24, 2.45) is 0 Å². The molecule has 1 aliphatic rings. The predicted molar refractivity (Wildman–Crippen MR) is 86.0 cm³/mol. The first kappa shape index (κ1) is 17.3. The molecule has 0 radical (unpaired) electrons. The predicted octanol–water partition coefficient (Wildman–Crippen LogP) is 3.43. The molecule has 0 N–H and O–H groups in total. The first-order valence-corrected chi connectivity index (χ1v) is 7.90. The number of rotatable bonds is 5. The van der Waals surface area contributed by atoms with Crippen molar-refractivity contribution in [2.75, 3.05) is 6.61 Å². The molecule has 0 saturated carbocycles. The second kappa shape index (κ2) is 7.04. The number of alkyl halides is 1. The van der Waals surface area contributed by atoms with Crippen molar-refractivity contribution in [3.05, 3.63) is 34.9 Å². The van der Waals surface area contributed by atoms with Crippen molar-refractivity contribution in [1.82, 2.24) is 0 Å². The maximum absolute atomic E-state index is 11.9. The van der Waals surface area contributed by atoms with E-state index >= 15 is 0 Å². The minimum absolute atomic E-state index is 0.146. The van der Waals surface area contributed by atoms with Crippen LogP contribution in [-0.2, 0) is 24.9 Å². The smallest absolute Gasteiger partial charge is 0.348 e. The molecule has 1 aromatic carbocycles. The quantitative estimate of drug-likeness (QED) is 0.356. The average molecular weight is 339 g/mol. The topological polar surface area (TPSA) is 61.8 Å². The molecule has 5 nitrogen and oxygen atoms in total. The van der Waals surface area contributed by atoms with Crippen LogP contribution < -0.4 is 4.74 Å². The van der Waals surface area contributed by atoms with Crippen LogP contribution in [0.5, 0.6) is 5.75 Å². The summed E-state index contributed by atoms with van der Waals surface area (Å²) in [6.45, 7) is 5.62. The normalized spacial score (nSPS) is 16.6. The van der Waals surface area contributed by atoms with Gasteiger partial charge in [0.1, 0.15) is 11.3 Å². The van der Waals surface area contributed by atoms with E-state index in [-0.39, 0.29) is 11.5 Å². The lowest BCUT2D eigenvalue weighted by atomic mass is 10.1. The molecule has 0 amide bonds.